The SMILES string of the molecule is O=c1[nH]c(=O)c2[nH][13c](=O)[nH]c2[nH]1. The van der Waals surface area contributed by atoms with Gasteiger partial charge in [-0.05, 0) is 0 Å². The van der Waals surface area contributed by atoms with E-state index in [2.05, 4.69) is 15.0 Å². The third kappa shape index (κ3) is 0.797. The average Bonchev–Trinajstić information content (AvgIpc) is 2.29. The number of fused-ring (bicyclic) bond motifs is 1. The maximum Gasteiger partial charge on any atom is 0.327 e. The molecule has 0 atom stereocenters. The van der Waals surface area contributed by atoms with E-state index in [4.69, 9.17) is 0 Å². The number of aromatic nitrogens is 4. The van der Waals surface area contributed by atoms with Gasteiger partial charge in [0.1, 0.15) is 11.2 Å². The van der Waals surface area contributed by atoms with E-state index in [1.54, 1.807) is 0 Å². The highest BCUT2D eigenvalue weighted by molar-refractivity contribution is 5.67. The van der Waals surface area contributed by atoms with Crippen molar-refractivity contribution in [2.45, 2.75) is 0 Å². The van der Waals surface area contributed by atoms with Gasteiger partial charge >= 0.3 is 11.4 Å². The van der Waals surface area contributed by atoms with E-state index in [1.165, 1.54) is 0 Å². The molecule has 0 spiro atoms. The van der Waals surface area contributed by atoms with Crippen LogP contribution in [0.15, 0.2) is 14.4 Å². The summed E-state index contributed by atoms with van der Waals surface area (Å²) in [5.41, 5.74) is -1.65. The smallest absolute Gasteiger partial charge is 0.300 e. The van der Waals surface area contributed by atoms with E-state index < -0.39 is 16.9 Å². The maximum atomic E-state index is 10.9. The normalized spacial score (nSPS) is 10.7. The number of rotatable bonds is 0. The molecule has 4 N–H and O–H groups in total. The highest BCUT2D eigenvalue weighted by atomic mass is 16.2. The van der Waals surface area contributed by atoms with Crippen LogP contribution in [-0.2, 0) is 0 Å². The van der Waals surface area contributed by atoms with Crippen molar-refractivity contribution in [1.29, 1.82) is 0 Å². The lowest BCUT2D eigenvalue weighted by atomic mass is 10.5. The lowest BCUT2D eigenvalue weighted by molar-refractivity contribution is 1.07. The molecule has 0 bridgehead atoms. The molecular formula is C5H4N4O3. The molecule has 0 aromatic carbocycles. The fraction of sp³-hybridized carbons (Fsp3) is 0. The van der Waals surface area contributed by atoms with Gasteiger partial charge in [-0.2, -0.15) is 0 Å². The van der Waals surface area contributed by atoms with Crippen LogP contribution in [-0.4, -0.2) is 19.9 Å². The summed E-state index contributed by atoms with van der Waals surface area (Å²) in [4.78, 5) is 41.0. The Labute approximate surface area is 63.5 Å². The third-order valence-corrected chi connectivity index (χ3v) is 1.42. The number of hydrogen-bond donors (Lipinski definition) is 4. The molecule has 2 aromatic heterocycles. The molecule has 0 saturated carbocycles. The Kier molecular flexibility index (Phi) is 1.09. The molecule has 0 aliphatic rings. The van der Waals surface area contributed by atoms with Gasteiger partial charge in [-0.3, -0.25) is 24.7 Å². The second kappa shape index (κ2) is 1.97. The zero-order chi connectivity index (χ0) is 8.72. The van der Waals surface area contributed by atoms with Crippen molar-refractivity contribution in [2.24, 2.45) is 0 Å². The first-order valence-electron chi connectivity index (χ1n) is 3.11. The highest BCUT2D eigenvalue weighted by Gasteiger charge is 2.02. The zero-order valence-electron chi connectivity index (χ0n) is 5.72. The Morgan fingerprint density at radius 2 is 1.33 bits per heavy atom. The van der Waals surface area contributed by atoms with Gasteiger partial charge in [-0.25, -0.2) is 9.59 Å². The molecule has 2 aromatic rings. The van der Waals surface area contributed by atoms with Gasteiger partial charge < -0.3 is 0 Å². The molecule has 7 nitrogen and oxygen atoms in total. The Morgan fingerprint density at radius 1 is 0.750 bits per heavy atom. The van der Waals surface area contributed by atoms with Crippen LogP contribution in [0, 0.1) is 0 Å². The fourth-order valence-corrected chi connectivity index (χ4v) is 0.958. The van der Waals surface area contributed by atoms with Crippen molar-refractivity contribution in [3.63, 3.8) is 0 Å². The molecule has 0 fully saturated rings. The Hall–Kier alpha value is -2.05. The predicted octanol–water partition coefficient (Wildman–Crippen LogP) is -1.77. The minimum absolute atomic E-state index is 0.0413. The topological polar surface area (TPSA) is 114 Å². The fourth-order valence-electron chi connectivity index (χ4n) is 0.958. The van der Waals surface area contributed by atoms with Crippen molar-refractivity contribution in [3.8, 4) is 0 Å². The molecule has 0 amide bonds. The van der Waals surface area contributed by atoms with Crippen molar-refractivity contribution in [2.75, 3.05) is 0 Å². The number of hydrogen-bond acceptors (Lipinski definition) is 3. The number of H-pyrrole nitrogens is 4. The largest absolute Gasteiger partial charge is 0.327 e. The molecule has 0 aliphatic heterocycles. The summed E-state index contributed by atoms with van der Waals surface area (Å²) in [5, 5.41) is 0. The van der Waals surface area contributed by atoms with Gasteiger partial charge in [0.2, 0.25) is 0 Å². The van der Waals surface area contributed by atoms with E-state index in [0.29, 0.717) is 0 Å². The van der Waals surface area contributed by atoms with Crippen LogP contribution in [0.25, 0.3) is 11.2 Å². The highest BCUT2D eigenvalue weighted by Crippen LogP contribution is 1.88. The molecule has 0 saturated heterocycles. The van der Waals surface area contributed by atoms with E-state index in [-0.39, 0.29) is 11.2 Å². The van der Waals surface area contributed by atoms with Gasteiger partial charge in [-0.1, -0.05) is 0 Å². The molecule has 2 rings (SSSR count). The summed E-state index contributed by atoms with van der Waals surface area (Å²) in [6, 6.07) is 0. The predicted molar refractivity (Wildman–Crippen MR) is 40.2 cm³/mol. The van der Waals surface area contributed by atoms with Gasteiger partial charge in [0.05, 0.1) is 0 Å². The van der Waals surface area contributed by atoms with E-state index in [1.807, 2.05) is 4.98 Å². The Bertz CT molecular complexity index is 583. The quantitative estimate of drug-likeness (QED) is 0.374. The Balaban J connectivity index is 3.18. The summed E-state index contributed by atoms with van der Waals surface area (Å²) in [6.45, 7) is 0. The van der Waals surface area contributed by atoms with Crippen LogP contribution in [0.1, 0.15) is 0 Å². The molecule has 0 radical (unpaired) electrons. The summed E-state index contributed by atoms with van der Waals surface area (Å²) < 4.78 is 0. The Morgan fingerprint density at radius 3 is 2.00 bits per heavy atom. The molecule has 12 heavy (non-hydrogen) atoms. The maximum absolute atomic E-state index is 10.9. The van der Waals surface area contributed by atoms with Gasteiger partial charge in [-0.15, -0.1) is 0 Å². The van der Waals surface area contributed by atoms with Crippen molar-refractivity contribution < 1.29 is 0 Å². The van der Waals surface area contributed by atoms with Gasteiger partial charge in [0, 0.05) is 0 Å². The van der Waals surface area contributed by atoms with Crippen LogP contribution in [0.2, 0.25) is 0 Å². The lowest BCUT2D eigenvalue weighted by Gasteiger charge is -1.83. The van der Waals surface area contributed by atoms with Gasteiger partial charge in [0.15, 0.2) is 0 Å². The third-order valence-electron chi connectivity index (χ3n) is 1.42. The van der Waals surface area contributed by atoms with Crippen molar-refractivity contribution >= 4 is 11.2 Å². The van der Waals surface area contributed by atoms with Crippen LogP contribution in [0.4, 0.5) is 0 Å². The number of imidazole rings is 1. The summed E-state index contributed by atoms with van der Waals surface area (Å²) in [6.07, 6.45) is 0. The number of aromatic amines is 4. The average molecular weight is 169 g/mol. The first-order chi connectivity index (χ1) is 5.66. The lowest BCUT2D eigenvalue weighted by Crippen LogP contribution is -2.21. The van der Waals surface area contributed by atoms with Crippen LogP contribution in [0.5, 0.6) is 0 Å². The van der Waals surface area contributed by atoms with Crippen LogP contribution >= 0.6 is 0 Å². The van der Waals surface area contributed by atoms with Gasteiger partial charge in [0.25, 0.3) is 5.56 Å². The van der Waals surface area contributed by atoms with Crippen molar-refractivity contribution in [3.05, 3.63) is 31.3 Å². The summed E-state index contributed by atoms with van der Waals surface area (Å²) >= 11 is 0. The standard InChI is InChI=1S/C5H4N4O3/c10-3-1-2(7-4(11)6-1)8-5(12)9-3/h(H4,6,7,8,9,10,11,12)/i4+1. The number of nitrogens with one attached hydrogen (secondary N) is 4. The van der Waals surface area contributed by atoms with Crippen LogP contribution < -0.4 is 16.9 Å². The molecular weight excluding hydrogens is 165 g/mol. The second-order valence-electron chi connectivity index (χ2n) is 2.24. The summed E-state index contributed by atoms with van der Waals surface area (Å²) in [5.74, 6) is 0. The molecule has 0 aliphatic carbocycles. The monoisotopic (exact) mass is 169 g/mol. The van der Waals surface area contributed by atoms with E-state index in [9.17, 15) is 14.4 Å². The molecule has 7 heteroatoms. The first kappa shape index (κ1) is 6.65. The molecule has 0 unspecified atom stereocenters. The van der Waals surface area contributed by atoms with E-state index >= 15 is 0 Å². The van der Waals surface area contributed by atoms with Crippen molar-refractivity contribution in [1.82, 2.24) is 19.9 Å². The minimum atomic E-state index is -0.650. The molecule has 2 heterocycles. The first-order valence-corrected chi connectivity index (χ1v) is 3.11. The van der Waals surface area contributed by atoms with E-state index in [0.717, 1.165) is 0 Å². The zero-order valence-corrected chi connectivity index (χ0v) is 5.72. The van der Waals surface area contributed by atoms with Crippen LogP contribution in [0.3, 0.4) is 0 Å². The second-order valence-corrected chi connectivity index (χ2v) is 2.24. The summed E-state index contributed by atoms with van der Waals surface area (Å²) in [7, 11) is 0. The molecule has 62 valence electrons. The minimum Gasteiger partial charge on any atom is -0.300 e.